The fourth-order valence-electron chi connectivity index (χ4n) is 2.72. The number of rotatable bonds is 7. The van der Waals surface area contributed by atoms with Gasteiger partial charge in [0.1, 0.15) is 6.33 Å². The van der Waals surface area contributed by atoms with Crippen LogP contribution in [0, 0.1) is 0 Å². The summed E-state index contributed by atoms with van der Waals surface area (Å²) in [6.07, 6.45) is 3.03. The smallest absolute Gasteiger partial charge is 0.222 e. The Morgan fingerprint density at radius 3 is 3.04 bits per heavy atom. The molecule has 0 saturated carbocycles. The van der Waals surface area contributed by atoms with Crippen LogP contribution in [0.2, 0.25) is 0 Å². The zero-order valence-corrected chi connectivity index (χ0v) is 13.6. The summed E-state index contributed by atoms with van der Waals surface area (Å²) in [5.74, 6) is 0.766. The van der Waals surface area contributed by atoms with Gasteiger partial charge in [0.15, 0.2) is 5.82 Å². The lowest BCUT2D eigenvalue weighted by molar-refractivity contribution is -0.122. The second-order valence-electron chi connectivity index (χ2n) is 5.88. The van der Waals surface area contributed by atoms with Crippen molar-refractivity contribution in [2.75, 3.05) is 19.8 Å². The van der Waals surface area contributed by atoms with E-state index in [9.17, 15) is 4.79 Å². The Morgan fingerprint density at radius 1 is 1.38 bits per heavy atom. The summed E-state index contributed by atoms with van der Waals surface area (Å²) in [4.78, 5) is 12.0. The Kier molecular flexibility index (Phi) is 5.92. The van der Waals surface area contributed by atoms with Crippen LogP contribution >= 0.6 is 0 Å². The van der Waals surface area contributed by atoms with E-state index >= 15 is 0 Å². The van der Waals surface area contributed by atoms with Crippen molar-refractivity contribution in [2.45, 2.75) is 32.0 Å². The number of carbonyl (C=O) groups is 1. The molecule has 1 aliphatic rings. The quantitative estimate of drug-likeness (QED) is 0.774. The summed E-state index contributed by atoms with van der Waals surface area (Å²) in [6, 6.07) is 10.4. The van der Waals surface area contributed by atoms with Gasteiger partial charge in [-0.1, -0.05) is 30.3 Å². The molecular formula is C17H23N5O2. The van der Waals surface area contributed by atoms with Crippen LogP contribution in [0.5, 0.6) is 0 Å². The maximum Gasteiger partial charge on any atom is 0.222 e. The zero-order valence-electron chi connectivity index (χ0n) is 13.6. The highest BCUT2D eigenvalue weighted by Crippen LogP contribution is 2.04. The molecule has 0 unspecified atom stereocenters. The van der Waals surface area contributed by atoms with Gasteiger partial charge in [0.05, 0.1) is 19.8 Å². The van der Waals surface area contributed by atoms with Crippen LogP contribution in [0.15, 0.2) is 36.7 Å². The van der Waals surface area contributed by atoms with E-state index < -0.39 is 0 Å². The predicted octanol–water partition coefficient (Wildman–Crippen LogP) is 0.516. The molecule has 7 nitrogen and oxygen atoms in total. The van der Waals surface area contributed by atoms with E-state index in [2.05, 4.69) is 33.0 Å². The highest BCUT2D eigenvalue weighted by atomic mass is 16.5. The minimum absolute atomic E-state index is 0.00407. The predicted molar refractivity (Wildman–Crippen MR) is 89.2 cm³/mol. The van der Waals surface area contributed by atoms with Gasteiger partial charge in [-0.25, -0.2) is 0 Å². The number of morpholine rings is 1. The highest BCUT2D eigenvalue weighted by Gasteiger charge is 2.17. The first-order chi connectivity index (χ1) is 11.8. The van der Waals surface area contributed by atoms with Crippen molar-refractivity contribution in [3.63, 3.8) is 0 Å². The van der Waals surface area contributed by atoms with E-state index in [1.165, 1.54) is 5.56 Å². The van der Waals surface area contributed by atoms with Crippen molar-refractivity contribution in [1.29, 1.82) is 0 Å². The van der Waals surface area contributed by atoms with Crippen molar-refractivity contribution < 1.29 is 9.53 Å². The molecule has 1 saturated heterocycles. The molecule has 7 heteroatoms. The number of hydrogen-bond acceptors (Lipinski definition) is 5. The maximum absolute atomic E-state index is 12.0. The minimum atomic E-state index is -0.00407. The molecule has 0 spiro atoms. The highest BCUT2D eigenvalue weighted by molar-refractivity contribution is 5.76. The largest absolute Gasteiger partial charge is 0.378 e. The summed E-state index contributed by atoms with van der Waals surface area (Å²) in [5.41, 5.74) is 1.27. The molecule has 2 N–H and O–H groups in total. The fraction of sp³-hybridized carbons (Fsp3) is 0.471. The van der Waals surface area contributed by atoms with Gasteiger partial charge in [-0.3, -0.25) is 4.79 Å². The number of aromatic nitrogens is 3. The number of aryl methyl sites for hydroxylation is 2. The summed E-state index contributed by atoms with van der Waals surface area (Å²) in [5, 5.41) is 14.2. The first-order valence-corrected chi connectivity index (χ1v) is 8.29. The summed E-state index contributed by atoms with van der Waals surface area (Å²) in [7, 11) is 0. The van der Waals surface area contributed by atoms with Crippen molar-refractivity contribution in [1.82, 2.24) is 25.4 Å². The van der Waals surface area contributed by atoms with Gasteiger partial charge in [0.25, 0.3) is 0 Å². The average Bonchev–Trinajstić information content (AvgIpc) is 3.07. The van der Waals surface area contributed by atoms with Crippen LogP contribution < -0.4 is 10.6 Å². The first-order valence-electron chi connectivity index (χ1n) is 8.29. The van der Waals surface area contributed by atoms with Crippen LogP contribution in [0.1, 0.15) is 17.8 Å². The summed E-state index contributed by atoms with van der Waals surface area (Å²) in [6.45, 7) is 3.27. The van der Waals surface area contributed by atoms with Gasteiger partial charge in [-0.15, -0.1) is 10.2 Å². The monoisotopic (exact) mass is 329 g/mol. The third-order valence-electron chi connectivity index (χ3n) is 4.05. The molecule has 0 radical (unpaired) electrons. The molecule has 1 amide bonds. The number of carbonyl (C=O) groups excluding carboxylic acids is 1. The van der Waals surface area contributed by atoms with Crippen LogP contribution in [0.3, 0.4) is 0 Å². The lowest BCUT2D eigenvalue weighted by Gasteiger charge is -2.23. The molecule has 0 aliphatic carbocycles. The van der Waals surface area contributed by atoms with E-state index in [0.717, 1.165) is 25.3 Å². The standard InChI is InChI=1S/C17H23N5O2/c23-17(10-15-12-24-9-7-18-15)19-11-16-21-20-13-22(16)8-6-14-4-2-1-3-5-14/h1-5,13,15,18H,6-12H2,(H,19,23)/t15-/m1/s1. The maximum atomic E-state index is 12.0. The first kappa shape index (κ1) is 16.6. The molecule has 1 aromatic heterocycles. The lowest BCUT2D eigenvalue weighted by atomic mass is 10.1. The second kappa shape index (κ2) is 8.56. The van der Waals surface area contributed by atoms with Gasteiger partial charge in [0.2, 0.25) is 5.91 Å². The van der Waals surface area contributed by atoms with Gasteiger partial charge in [0, 0.05) is 25.6 Å². The van der Waals surface area contributed by atoms with Crippen molar-refractivity contribution in [2.24, 2.45) is 0 Å². The third kappa shape index (κ3) is 4.87. The SMILES string of the molecule is O=C(C[C@@H]1COCCN1)NCc1nncn1CCc1ccccc1. The molecule has 24 heavy (non-hydrogen) atoms. The Balaban J connectivity index is 1.45. The Morgan fingerprint density at radius 2 is 2.25 bits per heavy atom. The van der Waals surface area contributed by atoms with E-state index in [1.807, 2.05) is 22.8 Å². The molecule has 2 aromatic rings. The number of nitrogens with one attached hydrogen (secondary N) is 2. The average molecular weight is 329 g/mol. The number of nitrogens with zero attached hydrogens (tertiary/aromatic N) is 3. The van der Waals surface area contributed by atoms with E-state index in [0.29, 0.717) is 26.2 Å². The fourth-order valence-corrected chi connectivity index (χ4v) is 2.72. The van der Waals surface area contributed by atoms with Gasteiger partial charge >= 0.3 is 0 Å². The van der Waals surface area contributed by atoms with E-state index in [4.69, 9.17) is 4.74 Å². The van der Waals surface area contributed by atoms with Crippen LogP contribution in [-0.4, -0.2) is 46.5 Å². The van der Waals surface area contributed by atoms with E-state index in [-0.39, 0.29) is 11.9 Å². The Labute approximate surface area is 141 Å². The molecule has 2 heterocycles. The van der Waals surface area contributed by atoms with Gasteiger partial charge < -0.3 is 19.9 Å². The number of amides is 1. The number of benzene rings is 1. The number of hydrogen-bond donors (Lipinski definition) is 2. The molecule has 1 atom stereocenters. The van der Waals surface area contributed by atoms with Gasteiger partial charge in [-0.05, 0) is 12.0 Å². The molecule has 1 aromatic carbocycles. The van der Waals surface area contributed by atoms with Crippen molar-refractivity contribution >= 4 is 5.91 Å². The molecule has 1 fully saturated rings. The van der Waals surface area contributed by atoms with Crippen LogP contribution in [0.25, 0.3) is 0 Å². The van der Waals surface area contributed by atoms with Crippen LogP contribution in [-0.2, 0) is 29.0 Å². The molecule has 0 bridgehead atoms. The Bertz CT molecular complexity index is 637. The van der Waals surface area contributed by atoms with Crippen LogP contribution in [0.4, 0.5) is 0 Å². The minimum Gasteiger partial charge on any atom is -0.378 e. The number of ether oxygens (including phenoxy) is 1. The molecule has 1 aliphatic heterocycles. The normalized spacial score (nSPS) is 17.6. The Hall–Kier alpha value is -2.25. The zero-order chi connectivity index (χ0) is 16.6. The molecule has 128 valence electrons. The second-order valence-corrected chi connectivity index (χ2v) is 5.88. The van der Waals surface area contributed by atoms with Crippen molar-refractivity contribution in [3.05, 3.63) is 48.0 Å². The lowest BCUT2D eigenvalue weighted by Crippen LogP contribution is -2.44. The molecular weight excluding hydrogens is 306 g/mol. The van der Waals surface area contributed by atoms with Gasteiger partial charge in [-0.2, -0.15) is 0 Å². The summed E-state index contributed by atoms with van der Waals surface area (Å²) >= 11 is 0. The summed E-state index contributed by atoms with van der Waals surface area (Å²) < 4.78 is 7.34. The van der Waals surface area contributed by atoms with E-state index in [1.54, 1.807) is 6.33 Å². The third-order valence-corrected chi connectivity index (χ3v) is 4.05. The molecule has 3 rings (SSSR count). The topological polar surface area (TPSA) is 81.1 Å². The van der Waals surface area contributed by atoms with Crippen molar-refractivity contribution in [3.8, 4) is 0 Å².